The summed E-state index contributed by atoms with van der Waals surface area (Å²) < 4.78 is 0. The number of carboxylic acid groups (broad SMARTS) is 1. The SMILES string of the molecule is N#Cc1ccc(NCc2csc(C(=O)O)n2)cc1C#N. The quantitative estimate of drug-likeness (QED) is 0.890. The second-order valence-electron chi connectivity index (χ2n) is 3.79. The number of carboxylic acids is 1. The summed E-state index contributed by atoms with van der Waals surface area (Å²) in [6, 6.07) is 8.70. The monoisotopic (exact) mass is 284 g/mol. The molecule has 6 nitrogen and oxygen atoms in total. The van der Waals surface area contributed by atoms with Crippen LogP contribution in [0.25, 0.3) is 0 Å². The number of hydrogen-bond donors (Lipinski definition) is 2. The lowest BCUT2D eigenvalue weighted by atomic mass is 10.1. The summed E-state index contributed by atoms with van der Waals surface area (Å²) in [7, 11) is 0. The Hall–Kier alpha value is -2.90. The molecule has 2 aromatic rings. The Bertz CT molecular complexity index is 740. The number of nitrogens with one attached hydrogen (secondary N) is 1. The summed E-state index contributed by atoms with van der Waals surface area (Å²) in [5, 5.41) is 31.2. The summed E-state index contributed by atoms with van der Waals surface area (Å²) >= 11 is 1.06. The maximum absolute atomic E-state index is 10.7. The second-order valence-corrected chi connectivity index (χ2v) is 4.64. The molecule has 0 aliphatic carbocycles. The Labute approximate surface area is 118 Å². The third-order valence-electron chi connectivity index (χ3n) is 2.47. The standard InChI is InChI=1S/C13H8N4O2S/c14-4-8-1-2-10(3-9(8)5-15)16-6-11-7-20-12(17-11)13(18)19/h1-3,7,16H,6H2,(H,18,19). The van der Waals surface area contributed by atoms with Crippen LogP contribution in [-0.4, -0.2) is 16.1 Å². The van der Waals surface area contributed by atoms with Crippen molar-refractivity contribution in [1.82, 2.24) is 4.98 Å². The number of nitrogens with zero attached hydrogens (tertiary/aromatic N) is 3. The second kappa shape index (κ2) is 5.83. The first-order chi connectivity index (χ1) is 9.63. The van der Waals surface area contributed by atoms with Crippen molar-refractivity contribution in [3.63, 3.8) is 0 Å². The van der Waals surface area contributed by atoms with Crippen LogP contribution in [0.3, 0.4) is 0 Å². The minimum Gasteiger partial charge on any atom is -0.476 e. The molecule has 0 aliphatic rings. The van der Waals surface area contributed by atoms with Crippen molar-refractivity contribution in [2.24, 2.45) is 0 Å². The van der Waals surface area contributed by atoms with Gasteiger partial charge in [-0.1, -0.05) is 0 Å². The van der Waals surface area contributed by atoms with Gasteiger partial charge in [0.05, 0.1) is 23.4 Å². The average molecular weight is 284 g/mol. The molecule has 1 aromatic carbocycles. The predicted octanol–water partition coefficient (Wildman–Crippen LogP) is 2.20. The van der Waals surface area contributed by atoms with Crippen molar-refractivity contribution < 1.29 is 9.90 Å². The van der Waals surface area contributed by atoms with E-state index in [0.29, 0.717) is 29.1 Å². The Morgan fingerprint density at radius 2 is 2.10 bits per heavy atom. The molecule has 2 rings (SSSR count). The van der Waals surface area contributed by atoms with E-state index in [4.69, 9.17) is 15.6 Å². The van der Waals surface area contributed by atoms with Crippen LogP contribution in [0.2, 0.25) is 0 Å². The smallest absolute Gasteiger partial charge is 0.365 e. The van der Waals surface area contributed by atoms with Gasteiger partial charge in [0.2, 0.25) is 5.01 Å². The van der Waals surface area contributed by atoms with Gasteiger partial charge in [0.25, 0.3) is 0 Å². The molecule has 0 bridgehead atoms. The van der Waals surface area contributed by atoms with Crippen LogP contribution in [-0.2, 0) is 6.54 Å². The first-order valence-corrected chi connectivity index (χ1v) is 6.38. The fraction of sp³-hybridized carbons (Fsp3) is 0.0769. The lowest BCUT2D eigenvalue weighted by Gasteiger charge is -2.05. The molecule has 20 heavy (non-hydrogen) atoms. The molecule has 2 N–H and O–H groups in total. The highest BCUT2D eigenvalue weighted by molar-refractivity contribution is 7.11. The lowest BCUT2D eigenvalue weighted by Crippen LogP contribution is -2.02. The van der Waals surface area contributed by atoms with Crippen LogP contribution in [0, 0.1) is 22.7 Å². The average Bonchev–Trinajstić information content (AvgIpc) is 2.94. The number of aromatic carboxylic acids is 1. The lowest BCUT2D eigenvalue weighted by molar-refractivity contribution is 0.0696. The third kappa shape index (κ3) is 2.91. The van der Waals surface area contributed by atoms with Gasteiger partial charge in [-0.25, -0.2) is 9.78 Å². The van der Waals surface area contributed by atoms with Gasteiger partial charge in [-0.15, -0.1) is 11.3 Å². The molecule has 0 fully saturated rings. The largest absolute Gasteiger partial charge is 0.476 e. The van der Waals surface area contributed by atoms with Gasteiger partial charge in [-0.3, -0.25) is 0 Å². The number of aromatic nitrogens is 1. The molecule has 0 saturated heterocycles. The summed E-state index contributed by atoms with van der Waals surface area (Å²) in [5.74, 6) is -1.05. The topological polar surface area (TPSA) is 110 Å². The zero-order valence-corrected chi connectivity index (χ0v) is 10.9. The van der Waals surface area contributed by atoms with E-state index < -0.39 is 5.97 Å². The molecular weight excluding hydrogens is 276 g/mol. The molecule has 0 atom stereocenters. The van der Waals surface area contributed by atoms with E-state index in [1.165, 1.54) is 0 Å². The molecule has 1 aromatic heterocycles. The van der Waals surface area contributed by atoms with Gasteiger partial charge in [0.15, 0.2) is 0 Å². The number of rotatable bonds is 4. The predicted molar refractivity (Wildman–Crippen MR) is 72.3 cm³/mol. The third-order valence-corrected chi connectivity index (χ3v) is 3.35. The minimum absolute atomic E-state index is 0.0411. The van der Waals surface area contributed by atoms with Gasteiger partial charge < -0.3 is 10.4 Å². The number of nitriles is 2. The fourth-order valence-corrected chi connectivity index (χ4v) is 2.18. The highest BCUT2D eigenvalue weighted by Gasteiger charge is 2.09. The Morgan fingerprint density at radius 1 is 1.35 bits per heavy atom. The maximum atomic E-state index is 10.7. The summed E-state index contributed by atoms with van der Waals surface area (Å²) in [6.45, 7) is 0.348. The summed E-state index contributed by atoms with van der Waals surface area (Å²) in [4.78, 5) is 14.6. The molecule has 0 spiro atoms. The zero-order chi connectivity index (χ0) is 14.5. The Balaban J connectivity index is 2.09. The highest BCUT2D eigenvalue weighted by Crippen LogP contribution is 2.16. The molecule has 0 saturated carbocycles. The van der Waals surface area contributed by atoms with Crippen LogP contribution >= 0.6 is 11.3 Å². The molecule has 0 aliphatic heterocycles. The van der Waals surface area contributed by atoms with Gasteiger partial charge in [-0.2, -0.15) is 10.5 Å². The molecule has 7 heteroatoms. The van der Waals surface area contributed by atoms with Gasteiger partial charge in [-0.05, 0) is 18.2 Å². The first-order valence-electron chi connectivity index (χ1n) is 5.50. The van der Waals surface area contributed by atoms with Crippen LogP contribution in [0.15, 0.2) is 23.6 Å². The normalized spacial score (nSPS) is 9.50. The molecule has 0 unspecified atom stereocenters. The van der Waals surface area contributed by atoms with Gasteiger partial charge in [0.1, 0.15) is 12.1 Å². The van der Waals surface area contributed by atoms with Crippen molar-refractivity contribution in [2.75, 3.05) is 5.32 Å². The molecule has 1 heterocycles. The van der Waals surface area contributed by atoms with Crippen LogP contribution in [0.4, 0.5) is 5.69 Å². The van der Waals surface area contributed by atoms with Crippen molar-refractivity contribution in [2.45, 2.75) is 6.54 Å². The van der Waals surface area contributed by atoms with E-state index in [2.05, 4.69) is 10.3 Å². The van der Waals surface area contributed by atoms with Crippen LogP contribution in [0.1, 0.15) is 26.6 Å². The van der Waals surface area contributed by atoms with Crippen LogP contribution in [0.5, 0.6) is 0 Å². The van der Waals surface area contributed by atoms with Crippen molar-refractivity contribution in [3.05, 3.63) is 45.4 Å². The van der Waals surface area contributed by atoms with E-state index >= 15 is 0 Å². The van der Waals surface area contributed by atoms with Crippen molar-refractivity contribution in [3.8, 4) is 12.1 Å². The highest BCUT2D eigenvalue weighted by atomic mass is 32.1. The summed E-state index contributed by atoms with van der Waals surface area (Å²) in [5.41, 5.74) is 1.89. The van der Waals surface area contributed by atoms with E-state index in [-0.39, 0.29) is 5.01 Å². The molecular formula is C13H8N4O2S. The summed E-state index contributed by atoms with van der Waals surface area (Å²) in [6.07, 6.45) is 0. The number of hydrogen-bond acceptors (Lipinski definition) is 6. The van der Waals surface area contributed by atoms with Gasteiger partial charge >= 0.3 is 5.97 Å². The Morgan fingerprint density at radius 3 is 2.70 bits per heavy atom. The first kappa shape index (κ1) is 13.5. The van der Waals surface area contributed by atoms with Crippen LogP contribution < -0.4 is 5.32 Å². The van der Waals surface area contributed by atoms with Crippen molar-refractivity contribution >= 4 is 23.0 Å². The molecule has 98 valence electrons. The zero-order valence-electron chi connectivity index (χ0n) is 10.1. The number of carbonyl (C=O) groups is 1. The number of anilines is 1. The van der Waals surface area contributed by atoms with Crippen molar-refractivity contribution in [1.29, 1.82) is 10.5 Å². The molecule has 0 radical (unpaired) electrons. The van der Waals surface area contributed by atoms with E-state index in [1.54, 1.807) is 23.6 Å². The Kier molecular flexibility index (Phi) is 3.94. The maximum Gasteiger partial charge on any atom is 0.365 e. The minimum atomic E-state index is -1.05. The number of benzene rings is 1. The fourth-order valence-electron chi connectivity index (χ4n) is 1.52. The van der Waals surface area contributed by atoms with E-state index in [0.717, 1.165) is 11.3 Å². The number of thiazole rings is 1. The molecule has 0 amide bonds. The van der Waals surface area contributed by atoms with E-state index in [9.17, 15) is 4.79 Å². The van der Waals surface area contributed by atoms with E-state index in [1.807, 2.05) is 12.1 Å². The van der Waals surface area contributed by atoms with Gasteiger partial charge in [0, 0.05) is 11.1 Å².